The van der Waals surface area contributed by atoms with Crippen molar-refractivity contribution in [3.8, 4) is 6.07 Å². The van der Waals surface area contributed by atoms with Gasteiger partial charge in [-0.2, -0.15) is 5.26 Å². The number of hydrogen-bond acceptors (Lipinski definition) is 5. The maximum Gasteiger partial charge on any atom is 0.306 e. The van der Waals surface area contributed by atoms with Crippen LogP contribution in [0, 0.1) is 11.3 Å². The van der Waals surface area contributed by atoms with Gasteiger partial charge in [0.2, 0.25) is 0 Å². The molecule has 0 saturated heterocycles. The summed E-state index contributed by atoms with van der Waals surface area (Å²) in [6.45, 7) is 1.50. The Labute approximate surface area is 96.3 Å². The van der Waals surface area contributed by atoms with Crippen molar-refractivity contribution in [3.05, 3.63) is 0 Å². The largest absolute Gasteiger partial charge is 0.469 e. The predicted molar refractivity (Wildman–Crippen MR) is 59.3 cm³/mol. The Morgan fingerprint density at radius 2 is 2.06 bits per heavy atom. The van der Waals surface area contributed by atoms with Crippen LogP contribution in [0.25, 0.3) is 0 Å². The number of hydrogen-bond donors (Lipinski definition) is 0. The van der Waals surface area contributed by atoms with Crippen LogP contribution < -0.4 is 0 Å². The third-order valence-electron chi connectivity index (χ3n) is 2.26. The summed E-state index contributed by atoms with van der Waals surface area (Å²) < 4.78 is 27.7. The molecule has 0 spiro atoms. The zero-order valence-corrected chi connectivity index (χ0v) is 10.4. The highest BCUT2D eigenvalue weighted by molar-refractivity contribution is 7.92. The molecule has 0 rings (SSSR count). The molecule has 0 amide bonds. The lowest BCUT2D eigenvalue weighted by atomic mass is 10.3. The molecule has 0 heterocycles. The zero-order chi connectivity index (χ0) is 12.6. The van der Waals surface area contributed by atoms with Crippen molar-refractivity contribution in [2.24, 2.45) is 0 Å². The Hall–Kier alpha value is -1.09. The van der Waals surface area contributed by atoms with Crippen LogP contribution in [0.1, 0.15) is 32.6 Å². The number of unbranched alkanes of at least 4 members (excludes halogenated alkanes) is 2. The van der Waals surface area contributed by atoms with E-state index in [1.165, 1.54) is 14.0 Å². The van der Waals surface area contributed by atoms with Gasteiger partial charge in [-0.3, -0.25) is 4.79 Å². The summed E-state index contributed by atoms with van der Waals surface area (Å²) in [5.74, 6) is -0.500. The van der Waals surface area contributed by atoms with E-state index in [0.29, 0.717) is 19.3 Å². The Morgan fingerprint density at radius 3 is 2.56 bits per heavy atom. The van der Waals surface area contributed by atoms with Gasteiger partial charge in [0.25, 0.3) is 0 Å². The van der Waals surface area contributed by atoms with Gasteiger partial charge in [0.15, 0.2) is 9.84 Å². The molecule has 16 heavy (non-hydrogen) atoms. The normalized spacial score (nSPS) is 12.8. The van der Waals surface area contributed by atoms with E-state index in [9.17, 15) is 13.2 Å². The number of nitrogens with zero attached hydrogens (tertiary/aromatic N) is 1. The number of nitriles is 1. The van der Waals surface area contributed by atoms with Crippen molar-refractivity contribution >= 4 is 15.8 Å². The second-order valence-electron chi connectivity index (χ2n) is 3.57. The highest BCUT2D eigenvalue weighted by Gasteiger charge is 2.23. The quantitative estimate of drug-likeness (QED) is 0.496. The topological polar surface area (TPSA) is 84.2 Å². The fraction of sp³-hybridized carbons (Fsp3) is 0.800. The van der Waals surface area contributed by atoms with E-state index < -0.39 is 21.1 Å². The third kappa shape index (κ3) is 5.71. The predicted octanol–water partition coefficient (Wildman–Crippen LogP) is 1.05. The minimum absolute atomic E-state index is 0.0207. The molecule has 0 aliphatic rings. The molecule has 0 aromatic rings. The first-order valence-corrected chi connectivity index (χ1v) is 6.81. The lowest BCUT2D eigenvalue weighted by Gasteiger charge is -2.10. The minimum atomic E-state index is -3.26. The zero-order valence-electron chi connectivity index (χ0n) is 9.60. The first-order valence-electron chi connectivity index (χ1n) is 5.09. The first kappa shape index (κ1) is 14.9. The summed E-state index contributed by atoms with van der Waals surface area (Å²) in [7, 11) is -2.03. The van der Waals surface area contributed by atoms with Gasteiger partial charge < -0.3 is 4.74 Å². The maximum atomic E-state index is 11.7. The van der Waals surface area contributed by atoms with Gasteiger partial charge in [0.1, 0.15) is 0 Å². The SMILES string of the molecule is COC(=O)CC(C)S(=O)(=O)CCCCC#N. The fourth-order valence-corrected chi connectivity index (χ4v) is 2.55. The molecule has 0 aliphatic carbocycles. The molecule has 0 aromatic heterocycles. The number of ether oxygens (including phenoxy) is 1. The molecule has 1 unspecified atom stereocenters. The molecule has 0 radical (unpaired) electrons. The van der Waals surface area contributed by atoms with Crippen LogP contribution in [0.4, 0.5) is 0 Å². The Kier molecular flexibility index (Phi) is 6.74. The molecule has 5 nitrogen and oxygen atoms in total. The third-order valence-corrected chi connectivity index (χ3v) is 4.51. The molecule has 0 saturated carbocycles. The van der Waals surface area contributed by atoms with Crippen LogP contribution in [-0.4, -0.2) is 32.5 Å². The van der Waals surface area contributed by atoms with Gasteiger partial charge in [0.05, 0.1) is 30.6 Å². The second-order valence-corrected chi connectivity index (χ2v) is 6.11. The summed E-state index contributed by atoms with van der Waals surface area (Å²) in [5.41, 5.74) is 0. The Bertz CT molecular complexity index is 356. The van der Waals surface area contributed by atoms with E-state index in [4.69, 9.17) is 5.26 Å². The number of sulfone groups is 1. The smallest absolute Gasteiger partial charge is 0.306 e. The highest BCUT2D eigenvalue weighted by atomic mass is 32.2. The molecule has 92 valence electrons. The molecular weight excluding hydrogens is 230 g/mol. The van der Waals surface area contributed by atoms with Gasteiger partial charge in [0, 0.05) is 6.42 Å². The van der Waals surface area contributed by atoms with Crippen LogP contribution in [0.5, 0.6) is 0 Å². The number of carbonyl (C=O) groups is 1. The van der Waals surface area contributed by atoms with Crippen molar-refractivity contribution in [3.63, 3.8) is 0 Å². The number of rotatable bonds is 7. The lowest BCUT2D eigenvalue weighted by Crippen LogP contribution is -2.24. The average molecular weight is 247 g/mol. The molecular formula is C10H17NO4S. The van der Waals surface area contributed by atoms with E-state index in [-0.39, 0.29) is 12.2 Å². The molecule has 0 fully saturated rings. The average Bonchev–Trinajstić information content (AvgIpc) is 2.24. The van der Waals surface area contributed by atoms with E-state index >= 15 is 0 Å². The van der Waals surface area contributed by atoms with Crippen LogP contribution in [0.2, 0.25) is 0 Å². The van der Waals surface area contributed by atoms with Crippen LogP contribution in [0.15, 0.2) is 0 Å². The maximum absolute atomic E-state index is 11.7. The Morgan fingerprint density at radius 1 is 1.44 bits per heavy atom. The standard InChI is InChI=1S/C10H17NO4S/c1-9(8-10(12)15-2)16(13,14)7-5-3-4-6-11/h9H,3-5,7-8H2,1-2H3. The summed E-state index contributed by atoms with van der Waals surface area (Å²) in [6, 6.07) is 1.96. The number of carbonyl (C=O) groups excluding carboxylic acids is 1. The summed E-state index contributed by atoms with van der Waals surface area (Å²) >= 11 is 0. The Balaban J connectivity index is 4.12. The summed E-state index contributed by atoms with van der Waals surface area (Å²) in [4.78, 5) is 10.9. The van der Waals surface area contributed by atoms with Gasteiger partial charge in [-0.15, -0.1) is 0 Å². The monoisotopic (exact) mass is 247 g/mol. The fourth-order valence-electron chi connectivity index (χ4n) is 1.15. The van der Waals surface area contributed by atoms with Crippen molar-refractivity contribution < 1.29 is 17.9 Å². The van der Waals surface area contributed by atoms with Gasteiger partial charge in [-0.05, 0) is 19.8 Å². The minimum Gasteiger partial charge on any atom is -0.469 e. The summed E-state index contributed by atoms with van der Waals surface area (Å²) in [5, 5.41) is 7.57. The highest BCUT2D eigenvalue weighted by Crippen LogP contribution is 2.10. The first-order chi connectivity index (χ1) is 7.44. The van der Waals surface area contributed by atoms with E-state index in [0.717, 1.165) is 0 Å². The van der Waals surface area contributed by atoms with Gasteiger partial charge in [-0.1, -0.05) is 0 Å². The molecule has 0 N–H and O–H groups in total. The van der Waals surface area contributed by atoms with Gasteiger partial charge >= 0.3 is 5.97 Å². The number of methoxy groups -OCH3 is 1. The number of esters is 1. The van der Waals surface area contributed by atoms with Crippen molar-refractivity contribution in [1.29, 1.82) is 5.26 Å². The van der Waals surface area contributed by atoms with Gasteiger partial charge in [-0.25, -0.2) is 8.42 Å². The molecule has 1 atom stereocenters. The van der Waals surface area contributed by atoms with E-state index in [1.54, 1.807) is 0 Å². The molecule has 0 aliphatic heterocycles. The van der Waals surface area contributed by atoms with Crippen molar-refractivity contribution in [2.45, 2.75) is 37.9 Å². The molecule has 6 heteroatoms. The second kappa shape index (κ2) is 7.23. The van der Waals surface area contributed by atoms with Crippen molar-refractivity contribution in [2.75, 3.05) is 12.9 Å². The van der Waals surface area contributed by atoms with Crippen molar-refractivity contribution in [1.82, 2.24) is 0 Å². The summed E-state index contributed by atoms with van der Waals surface area (Å²) in [6.07, 6.45) is 1.28. The molecule has 0 bridgehead atoms. The lowest BCUT2D eigenvalue weighted by molar-refractivity contribution is -0.140. The molecule has 0 aromatic carbocycles. The van der Waals surface area contributed by atoms with Crippen LogP contribution >= 0.6 is 0 Å². The van der Waals surface area contributed by atoms with Crippen LogP contribution in [0.3, 0.4) is 0 Å². The van der Waals surface area contributed by atoms with Crippen LogP contribution in [-0.2, 0) is 19.4 Å². The van der Waals surface area contributed by atoms with E-state index in [1.807, 2.05) is 6.07 Å². The van der Waals surface area contributed by atoms with E-state index in [2.05, 4.69) is 4.74 Å².